The predicted molar refractivity (Wildman–Crippen MR) is 145 cm³/mol. The van der Waals surface area contributed by atoms with Crippen LogP contribution >= 0.6 is 0 Å². The molecule has 0 radical (unpaired) electrons. The Balaban J connectivity index is 1.14. The van der Waals surface area contributed by atoms with E-state index in [0.29, 0.717) is 23.6 Å². The van der Waals surface area contributed by atoms with Crippen molar-refractivity contribution in [3.63, 3.8) is 0 Å². The third-order valence-electron chi connectivity index (χ3n) is 6.27. The van der Waals surface area contributed by atoms with Crippen molar-refractivity contribution < 1.29 is 28.9 Å². The Kier molecular flexibility index (Phi) is 9.23. The second kappa shape index (κ2) is 13.2. The van der Waals surface area contributed by atoms with E-state index in [9.17, 15) is 29.8 Å². The zero-order chi connectivity index (χ0) is 28.5. The normalized spacial score (nSPS) is 10.9. The minimum Gasteiger partial charge on any atom is -0.424 e. The molecule has 0 aliphatic heterocycles. The topological polar surface area (TPSA) is 165 Å². The van der Waals surface area contributed by atoms with Crippen LogP contribution in [0.25, 0.3) is 21.8 Å². The monoisotopic (exact) mass is 546 g/mol. The average molecular weight is 547 g/mol. The second-order valence-corrected chi connectivity index (χ2v) is 9.05. The van der Waals surface area contributed by atoms with Crippen LogP contribution in [0.5, 0.6) is 11.5 Å². The van der Waals surface area contributed by atoms with Gasteiger partial charge in [0.05, 0.1) is 20.6 Å². The Bertz CT molecular complexity index is 1460. The summed E-state index contributed by atoms with van der Waals surface area (Å²) in [5, 5.41) is 23.1. The Morgan fingerprint density at radius 1 is 0.625 bits per heavy atom. The number of hydrogen-bond donors (Lipinski definition) is 0. The minimum atomic E-state index is -0.503. The van der Waals surface area contributed by atoms with Crippen LogP contribution in [0.2, 0.25) is 0 Å². The zero-order valence-corrected chi connectivity index (χ0v) is 21.5. The highest BCUT2D eigenvalue weighted by Crippen LogP contribution is 2.32. The average Bonchev–Trinajstić information content (AvgIpc) is 2.94. The number of nitrogens with zero attached hydrogens (tertiary/aromatic N) is 4. The molecule has 206 valence electrons. The summed E-state index contributed by atoms with van der Waals surface area (Å²) in [4.78, 5) is 54.3. The fourth-order valence-electron chi connectivity index (χ4n) is 4.34. The Morgan fingerprint density at radius 2 is 1.02 bits per heavy atom. The number of carbonyl (C=O) groups is 2. The number of benzene rings is 2. The van der Waals surface area contributed by atoms with Crippen LogP contribution in [0, 0.1) is 20.2 Å². The van der Waals surface area contributed by atoms with Gasteiger partial charge in [-0.2, -0.15) is 0 Å². The van der Waals surface area contributed by atoms with Gasteiger partial charge in [-0.3, -0.25) is 39.8 Å². The van der Waals surface area contributed by atoms with Gasteiger partial charge in [0.1, 0.15) is 11.0 Å². The lowest BCUT2D eigenvalue weighted by Crippen LogP contribution is -2.08. The quantitative estimate of drug-likeness (QED) is 0.0616. The van der Waals surface area contributed by atoms with Gasteiger partial charge >= 0.3 is 11.9 Å². The van der Waals surface area contributed by atoms with Gasteiger partial charge < -0.3 is 9.47 Å². The molecule has 0 aliphatic carbocycles. The fourth-order valence-corrected chi connectivity index (χ4v) is 4.34. The molecule has 2 aromatic heterocycles. The summed E-state index contributed by atoms with van der Waals surface area (Å²) < 4.78 is 10.8. The van der Waals surface area contributed by atoms with Gasteiger partial charge in [0.2, 0.25) is 0 Å². The molecule has 0 N–H and O–H groups in total. The van der Waals surface area contributed by atoms with Crippen molar-refractivity contribution in [2.24, 2.45) is 0 Å². The molecule has 40 heavy (non-hydrogen) atoms. The molecule has 0 fully saturated rings. The molecule has 0 amide bonds. The van der Waals surface area contributed by atoms with Gasteiger partial charge in [-0.15, -0.1) is 0 Å². The van der Waals surface area contributed by atoms with E-state index in [2.05, 4.69) is 9.97 Å². The molecule has 0 atom stereocenters. The van der Waals surface area contributed by atoms with Crippen LogP contribution in [0.4, 0.5) is 11.4 Å². The van der Waals surface area contributed by atoms with E-state index in [0.717, 1.165) is 25.7 Å². The van der Waals surface area contributed by atoms with E-state index in [1.54, 1.807) is 24.3 Å². The standard InChI is InChI=1S/C28H26N4O8/c33-25(39-23-15-13-21(31(35)36)19-9-7-17-29-27(19)23)11-5-3-1-2-4-6-12-26(34)40-24-16-14-22(32(37)38)20-10-8-18-30-28(20)24/h7-10,13-18H,1-6,11-12H2. The van der Waals surface area contributed by atoms with E-state index >= 15 is 0 Å². The second-order valence-electron chi connectivity index (χ2n) is 9.05. The number of hydrogen-bond acceptors (Lipinski definition) is 10. The molecule has 2 heterocycles. The van der Waals surface area contributed by atoms with Gasteiger partial charge in [-0.25, -0.2) is 0 Å². The highest BCUT2D eigenvalue weighted by atomic mass is 16.6. The molecule has 12 heteroatoms. The fraction of sp³-hybridized carbons (Fsp3) is 0.286. The molecule has 4 aromatic rings. The Hall–Kier alpha value is -5.00. The molecule has 0 saturated carbocycles. The number of nitro benzene ring substituents is 2. The molecule has 0 saturated heterocycles. The van der Waals surface area contributed by atoms with Gasteiger partial charge in [0, 0.05) is 37.4 Å². The highest BCUT2D eigenvalue weighted by Gasteiger charge is 2.19. The number of non-ortho nitro benzene ring substituents is 2. The third-order valence-corrected chi connectivity index (χ3v) is 6.27. The molecule has 0 bridgehead atoms. The predicted octanol–water partition coefficient (Wildman–Crippen LogP) is 6.23. The van der Waals surface area contributed by atoms with Crippen molar-refractivity contribution in [3.8, 4) is 11.5 Å². The molecule has 2 aromatic carbocycles. The number of esters is 2. The summed E-state index contributed by atoms with van der Waals surface area (Å²) in [6, 6.07) is 11.7. The summed E-state index contributed by atoms with van der Waals surface area (Å²) >= 11 is 0. The van der Waals surface area contributed by atoms with Crippen molar-refractivity contribution in [2.45, 2.75) is 51.4 Å². The van der Waals surface area contributed by atoms with Gasteiger partial charge in [0.25, 0.3) is 11.4 Å². The molecule has 0 unspecified atom stereocenters. The minimum absolute atomic E-state index is 0.104. The molecular formula is C28H26N4O8. The lowest BCUT2D eigenvalue weighted by Gasteiger charge is -2.08. The zero-order valence-electron chi connectivity index (χ0n) is 21.5. The summed E-state index contributed by atoms with van der Waals surface area (Å²) in [6.45, 7) is 0. The SMILES string of the molecule is O=C(CCCCCCCCC(=O)Oc1ccc([N+](=O)[O-])c2cccnc12)Oc1ccc([N+](=O)[O-])c2cccnc12. The number of ether oxygens (including phenoxy) is 2. The van der Waals surface area contributed by atoms with E-state index in [-0.39, 0.29) is 46.7 Å². The summed E-state index contributed by atoms with van der Waals surface area (Å²) in [7, 11) is 0. The summed E-state index contributed by atoms with van der Waals surface area (Å²) in [5.74, 6) is -0.486. The number of unbranched alkanes of at least 4 members (excludes halogenated alkanes) is 5. The van der Waals surface area contributed by atoms with Gasteiger partial charge in [0.15, 0.2) is 11.5 Å². The first-order chi connectivity index (χ1) is 19.3. The smallest absolute Gasteiger partial charge is 0.311 e. The summed E-state index contributed by atoms with van der Waals surface area (Å²) in [5.41, 5.74) is 0.323. The number of aromatic nitrogens is 2. The maximum absolute atomic E-state index is 12.3. The van der Waals surface area contributed by atoms with Gasteiger partial charge in [-0.1, -0.05) is 25.7 Å². The van der Waals surface area contributed by atoms with E-state index < -0.39 is 21.8 Å². The largest absolute Gasteiger partial charge is 0.424 e. The molecular weight excluding hydrogens is 520 g/mol. The first-order valence-electron chi connectivity index (χ1n) is 12.8. The molecule has 12 nitrogen and oxygen atoms in total. The van der Waals surface area contributed by atoms with E-state index in [1.165, 1.54) is 36.7 Å². The third kappa shape index (κ3) is 6.90. The van der Waals surface area contributed by atoms with E-state index in [1.807, 2.05) is 0 Å². The van der Waals surface area contributed by atoms with Gasteiger partial charge in [-0.05, 0) is 49.2 Å². The van der Waals surface area contributed by atoms with Crippen LogP contribution in [-0.2, 0) is 9.59 Å². The lowest BCUT2D eigenvalue weighted by atomic mass is 10.1. The Labute approximate surface area is 228 Å². The maximum atomic E-state index is 12.3. The number of pyridine rings is 2. The Morgan fingerprint density at radius 3 is 1.43 bits per heavy atom. The highest BCUT2D eigenvalue weighted by molar-refractivity contribution is 5.94. The first-order valence-corrected chi connectivity index (χ1v) is 12.8. The van der Waals surface area contributed by atoms with Crippen molar-refractivity contribution >= 4 is 45.1 Å². The van der Waals surface area contributed by atoms with Crippen LogP contribution in [0.3, 0.4) is 0 Å². The van der Waals surface area contributed by atoms with Crippen LogP contribution in [-0.4, -0.2) is 31.8 Å². The van der Waals surface area contributed by atoms with Crippen LogP contribution in [0.1, 0.15) is 51.4 Å². The summed E-state index contributed by atoms with van der Waals surface area (Å²) in [6.07, 6.45) is 7.99. The van der Waals surface area contributed by atoms with Crippen molar-refractivity contribution in [2.75, 3.05) is 0 Å². The number of fused-ring (bicyclic) bond motifs is 2. The van der Waals surface area contributed by atoms with Crippen LogP contribution in [0.15, 0.2) is 60.9 Å². The first kappa shape index (κ1) is 28.0. The number of rotatable bonds is 13. The van der Waals surface area contributed by atoms with Crippen molar-refractivity contribution in [1.29, 1.82) is 0 Å². The molecule has 4 rings (SSSR count). The lowest BCUT2D eigenvalue weighted by molar-refractivity contribution is -0.383. The number of nitro groups is 2. The molecule has 0 aliphatic rings. The van der Waals surface area contributed by atoms with Crippen LogP contribution < -0.4 is 9.47 Å². The van der Waals surface area contributed by atoms with Crippen molar-refractivity contribution in [3.05, 3.63) is 81.2 Å². The number of carbonyl (C=O) groups excluding carboxylic acids is 2. The van der Waals surface area contributed by atoms with E-state index in [4.69, 9.17) is 9.47 Å². The maximum Gasteiger partial charge on any atom is 0.311 e. The molecule has 0 spiro atoms. The van der Waals surface area contributed by atoms with Crippen molar-refractivity contribution in [1.82, 2.24) is 9.97 Å².